The van der Waals surface area contributed by atoms with E-state index in [0.29, 0.717) is 6.61 Å². The van der Waals surface area contributed by atoms with Gasteiger partial charge in [-0.25, -0.2) is 4.39 Å². The van der Waals surface area contributed by atoms with Crippen LogP contribution in [0.3, 0.4) is 0 Å². The maximum Gasteiger partial charge on any atom is 0.248 e. The van der Waals surface area contributed by atoms with E-state index < -0.39 is 11.7 Å². The van der Waals surface area contributed by atoms with Crippen LogP contribution in [-0.2, 0) is 4.74 Å². The highest BCUT2D eigenvalue weighted by atomic mass is 19.1. The number of hydrogen-bond acceptors (Lipinski definition) is 3. The minimum Gasteiger partial charge on any atom is -0.488 e. The van der Waals surface area contributed by atoms with Crippen molar-refractivity contribution in [3.63, 3.8) is 0 Å². The molecule has 82 valence electrons. The summed E-state index contributed by atoms with van der Waals surface area (Å²) in [4.78, 5) is 10.7. The van der Waals surface area contributed by atoms with Crippen LogP contribution in [0, 0.1) is 5.82 Å². The van der Waals surface area contributed by atoms with E-state index in [1.54, 1.807) is 0 Å². The van der Waals surface area contributed by atoms with Crippen LogP contribution in [0.1, 0.15) is 10.4 Å². The number of methoxy groups -OCH3 is 1. The molecule has 4 nitrogen and oxygen atoms in total. The molecule has 0 saturated carbocycles. The fraction of sp³-hybridized carbons (Fsp3) is 0.300. The van der Waals surface area contributed by atoms with E-state index in [-0.39, 0.29) is 17.9 Å². The Balaban J connectivity index is 2.70. The third-order valence-electron chi connectivity index (χ3n) is 1.76. The van der Waals surface area contributed by atoms with Crippen molar-refractivity contribution in [2.45, 2.75) is 0 Å². The minimum atomic E-state index is -0.669. The molecular weight excluding hydrogens is 201 g/mol. The van der Waals surface area contributed by atoms with Gasteiger partial charge in [0.05, 0.1) is 6.61 Å². The van der Waals surface area contributed by atoms with Crippen LogP contribution in [-0.4, -0.2) is 26.2 Å². The van der Waals surface area contributed by atoms with Crippen molar-refractivity contribution < 1.29 is 18.7 Å². The summed E-state index contributed by atoms with van der Waals surface area (Å²) in [6, 6.07) is 3.82. The number of benzene rings is 1. The summed E-state index contributed by atoms with van der Waals surface area (Å²) in [5.41, 5.74) is 5.11. The number of nitrogens with two attached hydrogens (primary N) is 1. The lowest BCUT2D eigenvalue weighted by Gasteiger charge is -2.06. The third-order valence-corrected chi connectivity index (χ3v) is 1.76. The lowest BCUT2D eigenvalue weighted by molar-refractivity contribution is 0.0999. The number of primary amides is 1. The molecule has 0 atom stereocenters. The second-order valence-corrected chi connectivity index (χ2v) is 2.85. The first-order chi connectivity index (χ1) is 7.15. The quantitative estimate of drug-likeness (QED) is 0.741. The number of rotatable bonds is 5. The van der Waals surface area contributed by atoms with Gasteiger partial charge in [0.25, 0.3) is 0 Å². The van der Waals surface area contributed by atoms with Crippen molar-refractivity contribution >= 4 is 5.91 Å². The van der Waals surface area contributed by atoms with Crippen molar-refractivity contribution in [1.29, 1.82) is 0 Å². The first kappa shape index (κ1) is 11.5. The Morgan fingerprint density at radius 1 is 1.47 bits per heavy atom. The van der Waals surface area contributed by atoms with Crippen LogP contribution >= 0.6 is 0 Å². The maximum absolute atomic E-state index is 13.3. The molecule has 0 aliphatic rings. The molecule has 0 unspecified atom stereocenters. The highest BCUT2D eigenvalue weighted by Gasteiger charge is 2.07. The van der Waals surface area contributed by atoms with Gasteiger partial charge in [-0.15, -0.1) is 0 Å². The van der Waals surface area contributed by atoms with Gasteiger partial charge in [-0.1, -0.05) is 0 Å². The number of halogens is 1. The van der Waals surface area contributed by atoms with Gasteiger partial charge in [-0.05, 0) is 18.2 Å². The largest absolute Gasteiger partial charge is 0.488 e. The molecule has 0 bridgehead atoms. The molecule has 1 rings (SSSR count). The molecule has 1 amide bonds. The maximum atomic E-state index is 13.3. The van der Waals surface area contributed by atoms with E-state index in [2.05, 4.69) is 0 Å². The summed E-state index contributed by atoms with van der Waals surface area (Å²) in [6.07, 6.45) is 0. The highest BCUT2D eigenvalue weighted by molar-refractivity contribution is 5.92. The number of hydrogen-bond donors (Lipinski definition) is 1. The van der Waals surface area contributed by atoms with Gasteiger partial charge in [0.2, 0.25) is 5.91 Å². The zero-order chi connectivity index (χ0) is 11.3. The van der Waals surface area contributed by atoms with Gasteiger partial charge >= 0.3 is 0 Å². The van der Waals surface area contributed by atoms with Crippen LogP contribution in [0.25, 0.3) is 0 Å². The predicted molar refractivity (Wildman–Crippen MR) is 52.3 cm³/mol. The standard InChI is InChI=1S/C10H12FNO3/c1-14-4-5-15-9-3-2-7(10(12)13)6-8(9)11/h2-3,6H,4-5H2,1H3,(H2,12,13). The zero-order valence-corrected chi connectivity index (χ0v) is 8.33. The molecule has 15 heavy (non-hydrogen) atoms. The summed E-state index contributed by atoms with van der Waals surface area (Å²) in [5, 5.41) is 0. The molecule has 0 aliphatic carbocycles. The lowest BCUT2D eigenvalue weighted by Crippen LogP contribution is -2.11. The zero-order valence-electron chi connectivity index (χ0n) is 8.33. The average Bonchev–Trinajstić information content (AvgIpc) is 2.20. The molecule has 0 aromatic heterocycles. The van der Waals surface area contributed by atoms with Crippen molar-refractivity contribution in [2.24, 2.45) is 5.73 Å². The first-order valence-corrected chi connectivity index (χ1v) is 4.36. The summed E-state index contributed by atoms with van der Waals surface area (Å²) in [6.45, 7) is 0.625. The predicted octanol–water partition coefficient (Wildman–Crippen LogP) is 0.950. The van der Waals surface area contributed by atoms with E-state index in [1.165, 1.54) is 19.2 Å². The Bertz CT molecular complexity index is 355. The third kappa shape index (κ3) is 3.21. The molecule has 0 aliphatic heterocycles. The van der Waals surface area contributed by atoms with Crippen molar-refractivity contribution in [3.05, 3.63) is 29.6 Å². The number of carbonyl (C=O) groups excluding carboxylic acids is 1. The van der Waals surface area contributed by atoms with Crippen molar-refractivity contribution in [3.8, 4) is 5.75 Å². The molecule has 0 radical (unpaired) electrons. The van der Waals surface area contributed by atoms with Crippen molar-refractivity contribution in [1.82, 2.24) is 0 Å². The van der Waals surface area contributed by atoms with Crippen molar-refractivity contribution in [2.75, 3.05) is 20.3 Å². The second kappa shape index (κ2) is 5.31. The van der Waals surface area contributed by atoms with Crippen LogP contribution < -0.4 is 10.5 Å². The molecule has 1 aromatic carbocycles. The summed E-state index contributed by atoms with van der Waals surface area (Å²) >= 11 is 0. The Kier molecular flexibility index (Phi) is 4.05. The van der Waals surface area contributed by atoms with Crippen LogP contribution in [0.15, 0.2) is 18.2 Å². The molecule has 2 N–H and O–H groups in total. The molecule has 0 heterocycles. The lowest BCUT2D eigenvalue weighted by atomic mass is 10.2. The summed E-state index contributed by atoms with van der Waals surface area (Å²) < 4.78 is 23.1. The van der Waals surface area contributed by atoms with Gasteiger partial charge in [0.1, 0.15) is 6.61 Å². The van der Waals surface area contributed by atoms with Crippen LogP contribution in [0.2, 0.25) is 0 Å². The highest BCUT2D eigenvalue weighted by Crippen LogP contribution is 2.17. The Labute approximate surface area is 86.8 Å². The molecule has 0 fully saturated rings. The molecule has 0 spiro atoms. The summed E-state index contributed by atoms with van der Waals surface area (Å²) in [7, 11) is 1.52. The van der Waals surface area contributed by atoms with Gasteiger partial charge in [-0.2, -0.15) is 0 Å². The topological polar surface area (TPSA) is 61.6 Å². The Hall–Kier alpha value is -1.62. The number of amides is 1. The molecule has 1 aromatic rings. The smallest absolute Gasteiger partial charge is 0.248 e. The fourth-order valence-corrected chi connectivity index (χ4v) is 1.01. The summed E-state index contributed by atoms with van der Waals surface area (Å²) in [5.74, 6) is -1.20. The van der Waals surface area contributed by atoms with Gasteiger partial charge in [0, 0.05) is 12.7 Å². The second-order valence-electron chi connectivity index (χ2n) is 2.85. The van der Waals surface area contributed by atoms with E-state index in [1.807, 2.05) is 0 Å². The van der Waals surface area contributed by atoms with Gasteiger partial charge in [0.15, 0.2) is 11.6 Å². The van der Waals surface area contributed by atoms with E-state index in [4.69, 9.17) is 15.2 Å². The Morgan fingerprint density at radius 3 is 2.73 bits per heavy atom. The average molecular weight is 213 g/mol. The van der Waals surface area contributed by atoms with Gasteiger partial charge < -0.3 is 15.2 Å². The monoisotopic (exact) mass is 213 g/mol. The van der Waals surface area contributed by atoms with E-state index in [9.17, 15) is 9.18 Å². The molecule has 5 heteroatoms. The number of ether oxygens (including phenoxy) is 2. The van der Waals surface area contributed by atoms with Gasteiger partial charge in [-0.3, -0.25) is 4.79 Å². The van der Waals surface area contributed by atoms with Crippen LogP contribution in [0.5, 0.6) is 5.75 Å². The molecular formula is C10H12FNO3. The SMILES string of the molecule is COCCOc1ccc(C(N)=O)cc1F. The van der Waals surface area contributed by atoms with E-state index in [0.717, 1.165) is 6.07 Å². The normalized spacial score (nSPS) is 10.0. The van der Waals surface area contributed by atoms with E-state index >= 15 is 0 Å². The fourth-order valence-electron chi connectivity index (χ4n) is 1.01. The Morgan fingerprint density at radius 2 is 2.20 bits per heavy atom. The van der Waals surface area contributed by atoms with Crippen LogP contribution in [0.4, 0.5) is 4.39 Å². The number of carbonyl (C=O) groups is 1. The molecule has 0 saturated heterocycles. The minimum absolute atomic E-state index is 0.0806. The first-order valence-electron chi connectivity index (χ1n) is 4.36.